The summed E-state index contributed by atoms with van der Waals surface area (Å²) in [4.78, 5) is 25.5. The van der Waals surface area contributed by atoms with Crippen LogP contribution in [0.1, 0.15) is 35.8 Å². The van der Waals surface area contributed by atoms with Crippen LogP contribution in [-0.4, -0.2) is 30.9 Å². The van der Waals surface area contributed by atoms with Crippen LogP contribution in [0.2, 0.25) is 0 Å². The van der Waals surface area contributed by atoms with E-state index in [1.807, 2.05) is 31.2 Å². The third kappa shape index (κ3) is 4.13. The summed E-state index contributed by atoms with van der Waals surface area (Å²) >= 11 is 0. The molecule has 0 heterocycles. The van der Waals surface area contributed by atoms with Gasteiger partial charge in [-0.25, -0.2) is 0 Å². The molecule has 126 valence electrons. The average molecular weight is 326 g/mol. The van der Waals surface area contributed by atoms with E-state index in [2.05, 4.69) is 5.32 Å². The van der Waals surface area contributed by atoms with Gasteiger partial charge in [0, 0.05) is 25.2 Å². The predicted octanol–water partition coefficient (Wildman–Crippen LogP) is 3.49. The maximum atomic E-state index is 12.7. The van der Waals surface area contributed by atoms with Crippen molar-refractivity contribution >= 4 is 17.5 Å². The molecule has 5 nitrogen and oxygen atoms in total. The van der Waals surface area contributed by atoms with E-state index in [0.29, 0.717) is 11.3 Å². The molecule has 1 unspecified atom stereocenters. The van der Waals surface area contributed by atoms with Crippen LogP contribution in [0.15, 0.2) is 48.5 Å². The summed E-state index contributed by atoms with van der Waals surface area (Å²) in [5.74, 6) is 0.507. The standard InChI is InChI=1S/C19H22N2O3/c1-13(15-8-10-18(24-4)11-9-15)21(3)19(23)16-6-5-7-17(12-16)20-14(2)22/h5-13H,1-4H3,(H,20,22). The number of hydrogen-bond acceptors (Lipinski definition) is 3. The van der Waals surface area contributed by atoms with E-state index in [9.17, 15) is 9.59 Å². The van der Waals surface area contributed by atoms with Crippen LogP contribution in [0.5, 0.6) is 5.75 Å². The summed E-state index contributed by atoms with van der Waals surface area (Å²) < 4.78 is 5.16. The molecule has 5 heteroatoms. The molecule has 0 aliphatic carbocycles. The van der Waals surface area contributed by atoms with Crippen molar-refractivity contribution in [1.29, 1.82) is 0 Å². The molecule has 0 aliphatic heterocycles. The summed E-state index contributed by atoms with van der Waals surface area (Å²) in [6, 6.07) is 14.5. The fraction of sp³-hybridized carbons (Fsp3) is 0.263. The fourth-order valence-electron chi connectivity index (χ4n) is 2.42. The Bertz CT molecular complexity index is 726. The van der Waals surface area contributed by atoms with E-state index in [4.69, 9.17) is 4.74 Å². The Labute approximate surface area is 142 Å². The van der Waals surface area contributed by atoms with Gasteiger partial charge in [-0.3, -0.25) is 9.59 Å². The summed E-state index contributed by atoms with van der Waals surface area (Å²) in [5.41, 5.74) is 2.16. The minimum atomic E-state index is -0.167. The Morgan fingerprint density at radius 2 is 1.79 bits per heavy atom. The minimum absolute atomic E-state index is 0.0900. The number of carbonyl (C=O) groups excluding carboxylic acids is 2. The summed E-state index contributed by atoms with van der Waals surface area (Å²) in [6.07, 6.45) is 0. The number of methoxy groups -OCH3 is 1. The van der Waals surface area contributed by atoms with Crippen molar-refractivity contribution in [2.75, 3.05) is 19.5 Å². The van der Waals surface area contributed by atoms with Crippen LogP contribution in [0, 0.1) is 0 Å². The third-order valence-electron chi connectivity index (χ3n) is 3.93. The van der Waals surface area contributed by atoms with Gasteiger partial charge in [0.05, 0.1) is 13.2 Å². The normalized spacial score (nSPS) is 11.5. The van der Waals surface area contributed by atoms with Crippen LogP contribution < -0.4 is 10.1 Å². The topological polar surface area (TPSA) is 58.6 Å². The largest absolute Gasteiger partial charge is 0.497 e. The highest BCUT2D eigenvalue weighted by molar-refractivity contribution is 5.96. The van der Waals surface area contributed by atoms with Gasteiger partial charge in [0.25, 0.3) is 5.91 Å². The van der Waals surface area contributed by atoms with Gasteiger partial charge in [-0.1, -0.05) is 18.2 Å². The SMILES string of the molecule is COc1ccc(C(C)N(C)C(=O)c2cccc(NC(C)=O)c2)cc1. The molecule has 24 heavy (non-hydrogen) atoms. The van der Waals surface area contributed by atoms with Gasteiger partial charge in [-0.2, -0.15) is 0 Å². The Morgan fingerprint density at radius 3 is 2.38 bits per heavy atom. The third-order valence-corrected chi connectivity index (χ3v) is 3.93. The average Bonchev–Trinajstić information content (AvgIpc) is 2.59. The quantitative estimate of drug-likeness (QED) is 0.915. The lowest BCUT2D eigenvalue weighted by molar-refractivity contribution is -0.114. The molecule has 0 saturated heterocycles. The Kier molecular flexibility index (Phi) is 5.58. The number of rotatable bonds is 5. The molecule has 0 spiro atoms. The molecule has 2 rings (SSSR count). The Balaban J connectivity index is 2.17. The molecule has 0 bridgehead atoms. The van der Waals surface area contributed by atoms with E-state index in [0.717, 1.165) is 11.3 Å². The predicted molar refractivity (Wildman–Crippen MR) is 94.2 cm³/mol. The van der Waals surface area contributed by atoms with E-state index in [1.54, 1.807) is 43.3 Å². The monoisotopic (exact) mass is 326 g/mol. The lowest BCUT2D eigenvalue weighted by Crippen LogP contribution is -2.29. The molecular formula is C19H22N2O3. The van der Waals surface area contributed by atoms with Crippen molar-refractivity contribution in [2.24, 2.45) is 0 Å². The van der Waals surface area contributed by atoms with Crippen LogP contribution in [-0.2, 0) is 4.79 Å². The van der Waals surface area contributed by atoms with Crippen molar-refractivity contribution < 1.29 is 14.3 Å². The van der Waals surface area contributed by atoms with E-state index < -0.39 is 0 Å². The molecule has 0 aromatic heterocycles. The second-order valence-electron chi connectivity index (χ2n) is 5.63. The molecule has 2 amide bonds. The van der Waals surface area contributed by atoms with Gasteiger partial charge in [0.2, 0.25) is 5.91 Å². The molecule has 0 aliphatic rings. The molecule has 1 atom stereocenters. The van der Waals surface area contributed by atoms with Crippen LogP contribution in [0.3, 0.4) is 0 Å². The number of anilines is 1. The van der Waals surface area contributed by atoms with Crippen molar-refractivity contribution in [3.05, 3.63) is 59.7 Å². The first-order valence-electron chi connectivity index (χ1n) is 7.71. The first-order valence-corrected chi connectivity index (χ1v) is 7.71. The number of benzene rings is 2. The highest BCUT2D eigenvalue weighted by atomic mass is 16.5. The summed E-state index contributed by atoms with van der Waals surface area (Å²) in [6.45, 7) is 3.41. The first-order chi connectivity index (χ1) is 11.4. The van der Waals surface area contributed by atoms with Crippen LogP contribution in [0.25, 0.3) is 0 Å². The zero-order chi connectivity index (χ0) is 17.7. The summed E-state index contributed by atoms with van der Waals surface area (Å²) in [5, 5.41) is 2.69. The molecule has 2 aromatic carbocycles. The van der Waals surface area contributed by atoms with Crippen molar-refractivity contribution in [2.45, 2.75) is 19.9 Å². The van der Waals surface area contributed by atoms with E-state index in [-0.39, 0.29) is 17.9 Å². The molecule has 2 aromatic rings. The number of nitrogens with one attached hydrogen (secondary N) is 1. The van der Waals surface area contributed by atoms with E-state index in [1.165, 1.54) is 6.92 Å². The number of nitrogens with zero attached hydrogens (tertiary/aromatic N) is 1. The second kappa shape index (κ2) is 7.64. The number of amides is 2. The first kappa shape index (κ1) is 17.5. The van der Waals surface area contributed by atoms with Gasteiger partial charge in [0.15, 0.2) is 0 Å². The zero-order valence-corrected chi connectivity index (χ0v) is 14.4. The highest BCUT2D eigenvalue weighted by Crippen LogP contribution is 2.23. The van der Waals surface area contributed by atoms with Crippen molar-refractivity contribution in [3.63, 3.8) is 0 Å². The maximum absolute atomic E-state index is 12.7. The smallest absolute Gasteiger partial charge is 0.254 e. The minimum Gasteiger partial charge on any atom is -0.497 e. The number of carbonyl (C=O) groups is 2. The number of hydrogen-bond donors (Lipinski definition) is 1. The Morgan fingerprint density at radius 1 is 1.12 bits per heavy atom. The molecule has 0 fully saturated rings. The van der Waals surface area contributed by atoms with Gasteiger partial charge in [-0.05, 0) is 42.8 Å². The van der Waals surface area contributed by atoms with Crippen molar-refractivity contribution in [1.82, 2.24) is 4.90 Å². The molecule has 1 N–H and O–H groups in total. The summed E-state index contributed by atoms with van der Waals surface area (Å²) in [7, 11) is 3.39. The number of ether oxygens (including phenoxy) is 1. The van der Waals surface area contributed by atoms with E-state index >= 15 is 0 Å². The maximum Gasteiger partial charge on any atom is 0.254 e. The lowest BCUT2D eigenvalue weighted by atomic mass is 10.1. The lowest BCUT2D eigenvalue weighted by Gasteiger charge is -2.25. The second-order valence-corrected chi connectivity index (χ2v) is 5.63. The fourth-order valence-corrected chi connectivity index (χ4v) is 2.42. The zero-order valence-electron chi connectivity index (χ0n) is 14.4. The molecular weight excluding hydrogens is 304 g/mol. The van der Waals surface area contributed by atoms with Gasteiger partial charge >= 0.3 is 0 Å². The Hall–Kier alpha value is -2.82. The van der Waals surface area contributed by atoms with Gasteiger partial charge < -0.3 is 15.0 Å². The van der Waals surface area contributed by atoms with Gasteiger partial charge in [0.1, 0.15) is 5.75 Å². The van der Waals surface area contributed by atoms with Gasteiger partial charge in [-0.15, -0.1) is 0 Å². The van der Waals surface area contributed by atoms with Crippen LogP contribution >= 0.6 is 0 Å². The highest BCUT2D eigenvalue weighted by Gasteiger charge is 2.19. The molecule has 0 saturated carbocycles. The molecule has 0 radical (unpaired) electrons. The van der Waals surface area contributed by atoms with Crippen molar-refractivity contribution in [3.8, 4) is 5.75 Å². The van der Waals surface area contributed by atoms with Crippen LogP contribution in [0.4, 0.5) is 5.69 Å².